The number of hydrogen-bond donors (Lipinski definition) is 4. The van der Waals surface area contributed by atoms with Crippen molar-refractivity contribution in [2.45, 2.75) is 111 Å². The van der Waals surface area contributed by atoms with Crippen molar-refractivity contribution in [3.8, 4) is 0 Å². The minimum atomic E-state index is -1.04. The van der Waals surface area contributed by atoms with Crippen LogP contribution < -0.4 is 16.4 Å². The number of carbonyl (C=O) groups excluding carboxylic acids is 5. The first-order chi connectivity index (χ1) is 25.9. The van der Waals surface area contributed by atoms with Crippen LogP contribution in [-0.2, 0) is 35.1 Å². The minimum Gasteiger partial charge on any atom is -0.439 e. The third-order valence-electron chi connectivity index (χ3n) is 9.94. The molecule has 300 valence electrons. The van der Waals surface area contributed by atoms with Crippen LogP contribution in [0.5, 0.6) is 0 Å². The van der Waals surface area contributed by atoms with Crippen LogP contribution in [-0.4, -0.2) is 90.2 Å². The maximum atomic E-state index is 14.1. The molecule has 55 heavy (non-hydrogen) atoms. The van der Waals surface area contributed by atoms with Gasteiger partial charge in [0.05, 0.1) is 23.6 Å². The number of rotatable bonds is 9. The number of fused-ring (bicyclic) bond motifs is 2. The van der Waals surface area contributed by atoms with E-state index < -0.39 is 59.8 Å². The van der Waals surface area contributed by atoms with Gasteiger partial charge in [-0.3, -0.25) is 24.1 Å². The Morgan fingerprint density at radius 1 is 1.02 bits per heavy atom. The predicted octanol–water partition coefficient (Wildman–Crippen LogP) is 4.81. The Morgan fingerprint density at radius 2 is 1.65 bits per heavy atom. The van der Waals surface area contributed by atoms with Crippen molar-refractivity contribution in [3.63, 3.8) is 0 Å². The lowest BCUT2D eigenvalue weighted by atomic mass is 9.85. The average Bonchev–Trinajstić information content (AvgIpc) is 3.12. The number of nitrogens with one attached hydrogen (secondary N) is 2. The lowest BCUT2D eigenvalue weighted by Gasteiger charge is -2.30. The van der Waals surface area contributed by atoms with Gasteiger partial charge >= 0.3 is 6.09 Å². The monoisotopic (exact) mass is 762 g/mol. The van der Waals surface area contributed by atoms with Crippen LogP contribution in [0.4, 0.5) is 4.79 Å². The molecule has 0 aromatic heterocycles. The molecule has 0 saturated carbocycles. The van der Waals surface area contributed by atoms with Crippen LogP contribution in [0.1, 0.15) is 84.2 Å². The summed E-state index contributed by atoms with van der Waals surface area (Å²) in [6.45, 7) is 16.1. The molecular formula is C42H58N4O9. The zero-order valence-electron chi connectivity index (χ0n) is 33.7. The Morgan fingerprint density at radius 3 is 2.22 bits per heavy atom. The summed E-state index contributed by atoms with van der Waals surface area (Å²) in [5.41, 5.74) is 7.06. The van der Waals surface area contributed by atoms with Crippen molar-refractivity contribution < 1.29 is 43.3 Å². The second-order valence-corrected chi connectivity index (χ2v) is 14.9. The maximum absolute atomic E-state index is 14.1. The van der Waals surface area contributed by atoms with Gasteiger partial charge in [-0.2, -0.15) is 0 Å². The first kappa shape index (κ1) is 44.7. The van der Waals surface area contributed by atoms with Crippen LogP contribution in [0.25, 0.3) is 0 Å². The lowest BCUT2D eigenvalue weighted by molar-refractivity contribution is -0.120. The van der Waals surface area contributed by atoms with Gasteiger partial charge in [0.25, 0.3) is 11.8 Å². The summed E-state index contributed by atoms with van der Waals surface area (Å²) in [7, 11) is 2.88. The highest BCUT2D eigenvalue weighted by molar-refractivity contribution is 6.24. The maximum Gasteiger partial charge on any atom is 0.405 e. The first-order valence-electron chi connectivity index (χ1n) is 18.6. The Balaban J connectivity index is 2.04. The molecule has 1 aliphatic carbocycles. The van der Waals surface area contributed by atoms with E-state index in [0.717, 1.165) is 11.6 Å². The van der Waals surface area contributed by atoms with E-state index in [4.69, 9.17) is 19.9 Å². The molecular weight excluding hydrogens is 704 g/mol. The summed E-state index contributed by atoms with van der Waals surface area (Å²) < 4.78 is 16.7. The van der Waals surface area contributed by atoms with Crippen LogP contribution in [0, 0.1) is 11.8 Å². The van der Waals surface area contributed by atoms with Crippen LogP contribution >= 0.6 is 0 Å². The quantitative estimate of drug-likeness (QED) is 0.201. The standard InChI is InChI=1S/C42H58N4O9/c1-23(2)46(24(3)4)22-29-14-16-30(17-15-29)41(51)45-36-31-18-25(5)19-35(54-10)37(48)27(7)20-28(8)39(55-42(43)52)34(53-9)13-11-12-26(6)40(50)44-32(38(31)49)21-33(36)47/h11-17,20-21,23-25,27,34-35,37,39,48H,18-19,22H2,1-10H3,(H2,43,52)(H,44,50)(H,45,51)/b13-11-,26-12+,28-20+/t25-,27+,34+,35+,37-,39+/m1/s1. The molecule has 3 rings (SSSR count). The van der Waals surface area contributed by atoms with E-state index in [1.54, 1.807) is 38.1 Å². The number of aliphatic hydroxyl groups excluding tert-OH is 1. The molecule has 1 aliphatic heterocycles. The molecule has 13 heteroatoms. The Kier molecular flexibility index (Phi) is 16.5. The van der Waals surface area contributed by atoms with Crippen LogP contribution in [0.15, 0.2) is 82.8 Å². The summed E-state index contributed by atoms with van der Waals surface area (Å²) in [4.78, 5) is 68.8. The van der Waals surface area contributed by atoms with Crippen molar-refractivity contribution in [3.05, 3.63) is 93.9 Å². The molecule has 6 atom stereocenters. The molecule has 0 fully saturated rings. The van der Waals surface area contributed by atoms with Gasteiger partial charge in [-0.05, 0) is 83.6 Å². The summed E-state index contributed by atoms with van der Waals surface area (Å²) in [6, 6.07) is 7.75. The van der Waals surface area contributed by atoms with E-state index in [2.05, 4.69) is 43.2 Å². The number of allylic oxidation sites excluding steroid dienone is 4. The molecule has 13 nitrogen and oxygen atoms in total. The van der Waals surface area contributed by atoms with E-state index in [9.17, 15) is 29.1 Å². The highest BCUT2D eigenvalue weighted by Gasteiger charge is 2.34. The van der Waals surface area contributed by atoms with Crippen molar-refractivity contribution >= 4 is 29.5 Å². The average molecular weight is 763 g/mol. The topological polar surface area (TPSA) is 187 Å². The number of carbonyl (C=O) groups is 5. The highest BCUT2D eigenvalue weighted by Crippen LogP contribution is 2.29. The van der Waals surface area contributed by atoms with Crippen molar-refractivity contribution in [1.82, 2.24) is 15.5 Å². The second-order valence-electron chi connectivity index (χ2n) is 14.9. The molecule has 1 aromatic rings. The number of nitrogens with zero attached hydrogens (tertiary/aromatic N) is 1. The number of benzene rings is 1. The van der Waals surface area contributed by atoms with Gasteiger partial charge in [-0.25, -0.2) is 4.79 Å². The number of Topliss-reactive ketones (excluding diaryl/α,β-unsaturated/α-hetero) is 1. The molecule has 0 saturated heterocycles. The van der Waals surface area contributed by atoms with E-state index in [1.165, 1.54) is 33.3 Å². The molecule has 1 heterocycles. The number of ether oxygens (including phenoxy) is 3. The molecule has 5 N–H and O–H groups in total. The third kappa shape index (κ3) is 12.1. The summed E-state index contributed by atoms with van der Waals surface area (Å²) in [5.74, 6) is -3.35. The fourth-order valence-electron chi connectivity index (χ4n) is 6.84. The molecule has 0 radical (unpaired) electrons. The fraction of sp³-hybridized carbons (Fsp3) is 0.500. The van der Waals surface area contributed by atoms with Gasteiger partial charge in [0.15, 0.2) is 6.10 Å². The highest BCUT2D eigenvalue weighted by atomic mass is 16.6. The normalized spacial score (nSPS) is 27.2. The van der Waals surface area contributed by atoms with E-state index >= 15 is 0 Å². The van der Waals surface area contributed by atoms with E-state index in [-0.39, 0.29) is 41.3 Å². The Hall–Kier alpha value is -4.69. The first-order valence-corrected chi connectivity index (χ1v) is 18.6. The second kappa shape index (κ2) is 20.3. The summed E-state index contributed by atoms with van der Waals surface area (Å²) >= 11 is 0. The molecule has 0 spiro atoms. The molecule has 0 unspecified atom stereocenters. The smallest absolute Gasteiger partial charge is 0.405 e. The Bertz CT molecular complexity index is 1730. The fourth-order valence-corrected chi connectivity index (χ4v) is 6.84. The minimum absolute atomic E-state index is 0.0179. The van der Waals surface area contributed by atoms with Gasteiger partial charge in [-0.15, -0.1) is 0 Å². The molecule has 2 bridgehead atoms. The number of ketones is 2. The van der Waals surface area contributed by atoms with Gasteiger partial charge in [0.1, 0.15) is 6.10 Å². The number of nitrogens with two attached hydrogens (primary N) is 1. The zero-order valence-corrected chi connectivity index (χ0v) is 33.7. The predicted molar refractivity (Wildman–Crippen MR) is 209 cm³/mol. The SMILES string of the molecule is CO[C@H]1/C=C\C=C(/C)C(=O)NC2=CC(=O)C(NC(=O)c3ccc(CN(C(C)C)C(C)C)cc3)=C(C[C@@H](C)C[C@H](OC)[C@H](O)[C@@H](C)/C=C(\C)[C@@H]1OC(N)=O)C2=O. The molecule has 3 amide bonds. The largest absolute Gasteiger partial charge is 0.439 e. The number of amides is 3. The zero-order chi connectivity index (χ0) is 41.1. The molecule has 2 aliphatic rings. The van der Waals surface area contributed by atoms with E-state index in [1.807, 2.05) is 19.1 Å². The van der Waals surface area contributed by atoms with Crippen molar-refractivity contribution in [2.75, 3.05) is 14.2 Å². The van der Waals surface area contributed by atoms with Gasteiger partial charge in [0, 0.05) is 61.6 Å². The van der Waals surface area contributed by atoms with Crippen molar-refractivity contribution in [1.29, 1.82) is 0 Å². The van der Waals surface area contributed by atoms with Gasteiger partial charge < -0.3 is 35.7 Å². The van der Waals surface area contributed by atoms with Crippen LogP contribution in [0.2, 0.25) is 0 Å². The number of methoxy groups -OCH3 is 2. The third-order valence-corrected chi connectivity index (χ3v) is 9.94. The number of primary amides is 1. The summed E-state index contributed by atoms with van der Waals surface area (Å²) in [5, 5.41) is 16.7. The van der Waals surface area contributed by atoms with E-state index in [0.29, 0.717) is 29.8 Å². The summed E-state index contributed by atoms with van der Waals surface area (Å²) in [6.07, 6.45) is 3.04. The van der Waals surface area contributed by atoms with Gasteiger partial charge in [-0.1, -0.05) is 50.3 Å². The van der Waals surface area contributed by atoms with Crippen molar-refractivity contribution in [2.24, 2.45) is 17.6 Å². The Labute approximate surface area is 324 Å². The number of hydrogen-bond acceptors (Lipinski definition) is 10. The van der Waals surface area contributed by atoms with Crippen LogP contribution in [0.3, 0.4) is 0 Å². The molecule has 1 aromatic carbocycles. The number of aliphatic hydroxyl groups is 1. The lowest BCUT2D eigenvalue weighted by Crippen LogP contribution is -2.38. The van der Waals surface area contributed by atoms with Gasteiger partial charge in [0.2, 0.25) is 11.6 Å².